The molecule has 0 saturated heterocycles. The van der Waals surface area contributed by atoms with Crippen LogP contribution in [0.4, 0.5) is 32.4 Å². The van der Waals surface area contributed by atoms with Gasteiger partial charge < -0.3 is 25.8 Å². The van der Waals surface area contributed by atoms with Crippen molar-refractivity contribution < 1.29 is 41.4 Å². The number of urea groups is 1. The molecule has 7 nitrogen and oxygen atoms in total. The standard InChI is InChI=1S/C23H22F5N3O4/c24-15-7-13(8-16(25)9-15)11-29-21(33)10-18-5-6-19(20(12-32)35-18)31-22(34)30-17-3-1-14(2-4-17)23(26,27)28/h1-9,18-20,32H,10-12H2,(H,29,33)(H2,30,31,34)/t18-,19-,20+/m1/s1. The fraction of sp³-hybridized carbons (Fsp3) is 0.304. The van der Waals surface area contributed by atoms with Crippen molar-refractivity contribution in [3.05, 3.63) is 77.4 Å². The highest BCUT2D eigenvalue weighted by Crippen LogP contribution is 2.29. The van der Waals surface area contributed by atoms with Crippen LogP contribution in [0.1, 0.15) is 17.5 Å². The Balaban J connectivity index is 1.50. The highest BCUT2D eigenvalue weighted by atomic mass is 19.4. The van der Waals surface area contributed by atoms with E-state index in [0.29, 0.717) is 0 Å². The van der Waals surface area contributed by atoms with E-state index < -0.39 is 60.2 Å². The van der Waals surface area contributed by atoms with Crippen molar-refractivity contribution in [2.24, 2.45) is 0 Å². The third-order valence-corrected chi connectivity index (χ3v) is 5.03. The van der Waals surface area contributed by atoms with Crippen LogP contribution in [-0.4, -0.2) is 41.9 Å². The average molecular weight is 499 g/mol. The Bertz CT molecular complexity index is 1060. The number of benzene rings is 2. The van der Waals surface area contributed by atoms with Gasteiger partial charge in [0.25, 0.3) is 0 Å². The van der Waals surface area contributed by atoms with Gasteiger partial charge in [-0.1, -0.05) is 12.2 Å². The maximum absolute atomic E-state index is 13.2. The van der Waals surface area contributed by atoms with Gasteiger partial charge in [0.2, 0.25) is 5.91 Å². The van der Waals surface area contributed by atoms with Crippen LogP contribution in [-0.2, 0) is 22.3 Å². The van der Waals surface area contributed by atoms with Crippen molar-refractivity contribution in [2.75, 3.05) is 11.9 Å². The summed E-state index contributed by atoms with van der Waals surface area (Å²) < 4.78 is 70.0. The largest absolute Gasteiger partial charge is 0.416 e. The SMILES string of the molecule is O=C(C[C@H]1C=C[C@@H](NC(=O)Nc2ccc(C(F)(F)F)cc2)[C@H](CO)O1)NCc1cc(F)cc(F)c1. The van der Waals surface area contributed by atoms with Crippen LogP contribution >= 0.6 is 0 Å². The lowest BCUT2D eigenvalue weighted by molar-refractivity contribution is -0.137. The van der Waals surface area contributed by atoms with Crippen LogP contribution in [0.25, 0.3) is 0 Å². The van der Waals surface area contributed by atoms with Gasteiger partial charge in [-0.15, -0.1) is 0 Å². The molecule has 2 aromatic carbocycles. The first-order valence-corrected chi connectivity index (χ1v) is 10.4. The minimum Gasteiger partial charge on any atom is -0.394 e. The normalized spacial score (nSPS) is 19.8. The average Bonchev–Trinajstić information content (AvgIpc) is 2.78. The highest BCUT2D eigenvalue weighted by Gasteiger charge is 2.31. The van der Waals surface area contributed by atoms with E-state index in [4.69, 9.17) is 4.74 Å². The molecular formula is C23H22F5N3O4. The number of alkyl halides is 3. The van der Waals surface area contributed by atoms with Crippen molar-refractivity contribution in [3.8, 4) is 0 Å². The number of hydrogen-bond acceptors (Lipinski definition) is 4. The predicted molar refractivity (Wildman–Crippen MR) is 115 cm³/mol. The van der Waals surface area contributed by atoms with E-state index in [1.807, 2.05) is 0 Å². The topological polar surface area (TPSA) is 99.7 Å². The Morgan fingerprint density at radius 1 is 1.00 bits per heavy atom. The third-order valence-electron chi connectivity index (χ3n) is 5.03. The summed E-state index contributed by atoms with van der Waals surface area (Å²) >= 11 is 0. The van der Waals surface area contributed by atoms with Crippen molar-refractivity contribution in [1.29, 1.82) is 0 Å². The van der Waals surface area contributed by atoms with Gasteiger partial charge in [-0.05, 0) is 42.0 Å². The van der Waals surface area contributed by atoms with E-state index in [2.05, 4.69) is 16.0 Å². The Labute approximate surface area is 197 Å². The second kappa shape index (κ2) is 11.3. The van der Waals surface area contributed by atoms with Gasteiger partial charge in [-0.3, -0.25) is 4.79 Å². The molecule has 1 heterocycles. The number of carbonyl (C=O) groups is 2. The lowest BCUT2D eigenvalue weighted by Gasteiger charge is -2.31. The number of rotatable bonds is 7. The van der Waals surface area contributed by atoms with E-state index >= 15 is 0 Å². The fourth-order valence-electron chi connectivity index (χ4n) is 3.37. The number of nitrogens with one attached hydrogen (secondary N) is 3. The molecule has 0 spiro atoms. The number of halogens is 5. The van der Waals surface area contributed by atoms with Crippen LogP contribution in [0.3, 0.4) is 0 Å². The fourth-order valence-corrected chi connectivity index (χ4v) is 3.37. The molecule has 4 N–H and O–H groups in total. The van der Waals surface area contributed by atoms with Gasteiger partial charge in [-0.2, -0.15) is 13.2 Å². The van der Waals surface area contributed by atoms with Gasteiger partial charge in [0, 0.05) is 18.3 Å². The number of anilines is 1. The number of hydrogen-bond donors (Lipinski definition) is 4. The zero-order valence-electron chi connectivity index (χ0n) is 18.1. The second-order valence-corrected chi connectivity index (χ2v) is 7.74. The van der Waals surface area contributed by atoms with Gasteiger partial charge in [0.15, 0.2) is 0 Å². The lowest BCUT2D eigenvalue weighted by Crippen LogP contribution is -2.50. The third kappa shape index (κ3) is 7.76. The first-order valence-electron chi connectivity index (χ1n) is 10.4. The summed E-state index contributed by atoms with van der Waals surface area (Å²) in [4.78, 5) is 24.4. The molecule has 0 radical (unpaired) electrons. The number of carbonyl (C=O) groups excluding carboxylic acids is 2. The maximum atomic E-state index is 13.2. The Hall–Kier alpha value is -3.51. The summed E-state index contributed by atoms with van der Waals surface area (Å²) in [6, 6.07) is 5.26. The maximum Gasteiger partial charge on any atom is 0.416 e. The molecule has 0 bridgehead atoms. The quantitative estimate of drug-likeness (QED) is 0.346. The van der Waals surface area contributed by atoms with Gasteiger partial charge in [-0.25, -0.2) is 13.6 Å². The van der Waals surface area contributed by atoms with Crippen molar-refractivity contribution in [2.45, 2.75) is 37.4 Å². The molecule has 3 amide bonds. The molecule has 3 rings (SSSR count). The van der Waals surface area contributed by atoms with Gasteiger partial charge >= 0.3 is 12.2 Å². The van der Waals surface area contributed by atoms with Crippen LogP contribution in [0, 0.1) is 11.6 Å². The molecule has 3 atom stereocenters. The van der Waals surface area contributed by atoms with Crippen molar-refractivity contribution in [3.63, 3.8) is 0 Å². The Morgan fingerprint density at radius 3 is 2.26 bits per heavy atom. The number of aliphatic hydroxyl groups excluding tert-OH is 1. The molecule has 0 unspecified atom stereocenters. The smallest absolute Gasteiger partial charge is 0.394 e. The molecule has 35 heavy (non-hydrogen) atoms. The molecule has 2 aromatic rings. The first kappa shape index (κ1) is 26.1. The zero-order valence-corrected chi connectivity index (χ0v) is 18.1. The molecule has 1 aliphatic heterocycles. The van der Waals surface area contributed by atoms with E-state index in [1.165, 1.54) is 12.2 Å². The minimum absolute atomic E-state index is 0.0956. The molecule has 0 saturated carbocycles. The Morgan fingerprint density at radius 2 is 1.66 bits per heavy atom. The van der Waals surface area contributed by atoms with E-state index in [0.717, 1.165) is 42.5 Å². The summed E-state index contributed by atoms with van der Waals surface area (Å²) in [6.07, 6.45) is -3.23. The molecule has 0 fully saturated rings. The molecular weight excluding hydrogens is 477 g/mol. The van der Waals surface area contributed by atoms with E-state index in [-0.39, 0.29) is 24.2 Å². The molecule has 188 valence electrons. The first-order chi connectivity index (χ1) is 16.5. The van der Waals surface area contributed by atoms with Gasteiger partial charge in [0.05, 0.1) is 30.7 Å². The zero-order chi connectivity index (χ0) is 25.6. The van der Waals surface area contributed by atoms with E-state index in [1.54, 1.807) is 0 Å². The molecule has 1 aliphatic rings. The van der Waals surface area contributed by atoms with E-state index in [9.17, 15) is 36.6 Å². The number of amides is 3. The number of ether oxygens (including phenoxy) is 1. The molecule has 12 heteroatoms. The molecule has 0 aromatic heterocycles. The monoisotopic (exact) mass is 499 g/mol. The second-order valence-electron chi connectivity index (χ2n) is 7.74. The minimum atomic E-state index is -4.50. The van der Waals surface area contributed by atoms with Crippen molar-refractivity contribution in [1.82, 2.24) is 10.6 Å². The summed E-state index contributed by atoms with van der Waals surface area (Å²) in [5.74, 6) is -1.99. The summed E-state index contributed by atoms with van der Waals surface area (Å²) in [5.41, 5.74) is -0.484. The highest BCUT2D eigenvalue weighted by molar-refractivity contribution is 5.89. The van der Waals surface area contributed by atoms with Gasteiger partial charge in [0.1, 0.15) is 17.7 Å². The Kier molecular flexibility index (Phi) is 8.41. The molecule has 0 aliphatic carbocycles. The van der Waals surface area contributed by atoms with Crippen LogP contribution in [0.2, 0.25) is 0 Å². The summed E-state index contributed by atoms with van der Waals surface area (Å²) in [7, 11) is 0. The van der Waals surface area contributed by atoms with Crippen LogP contribution < -0.4 is 16.0 Å². The van der Waals surface area contributed by atoms with Crippen molar-refractivity contribution >= 4 is 17.6 Å². The summed E-state index contributed by atoms with van der Waals surface area (Å²) in [6.45, 7) is -0.585. The van der Waals surface area contributed by atoms with Crippen LogP contribution in [0.15, 0.2) is 54.6 Å². The lowest BCUT2D eigenvalue weighted by atomic mass is 10.0. The summed E-state index contributed by atoms with van der Waals surface area (Å²) in [5, 5.41) is 17.1. The van der Waals surface area contributed by atoms with Crippen LogP contribution in [0.5, 0.6) is 0 Å². The predicted octanol–water partition coefficient (Wildman–Crippen LogP) is 3.50. The number of aliphatic hydroxyl groups is 1.